The van der Waals surface area contributed by atoms with Gasteiger partial charge in [-0.1, -0.05) is 6.07 Å². The Morgan fingerprint density at radius 1 is 1.50 bits per heavy atom. The number of non-ortho nitro benzene ring substituents is 1. The van der Waals surface area contributed by atoms with Gasteiger partial charge in [0.2, 0.25) is 0 Å². The van der Waals surface area contributed by atoms with Crippen LogP contribution in [0.2, 0.25) is 0 Å². The highest BCUT2D eigenvalue weighted by molar-refractivity contribution is 5.94. The van der Waals surface area contributed by atoms with Gasteiger partial charge >= 0.3 is 5.97 Å². The molecule has 6 nitrogen and oxygen atoms in total. The van der Waals surface area contributed by atoms with Gasteiger partial charge in [-0.15, -0.1) is 0 Å². The Morgan fingerprint density at radius 3 is 2.83 bits per heavy atom. The molecule has 2 N–H and O–H groups in total. The van der Waals surface area contributed by atoms with E-state index in [4.69, 9.17) is 5.11 Å². The van der Waals surface area contributed by atoms with Crippen LogP contribution in [0.5, 0.6) is 0 Å². The van der Waals surface area contributed by atoms with Crippen molar-refractivity contribution in [1.29, 1.82) is 0 Å². The molecule has 0 radical (unpaired) electrons. The molecule has 1 aromatic carbocycles. The lowest BCUT2D eigenvalue weighted by molar-refractivity contribution is -0.383. The molecule has 18 heavy (non-hydrogen) atoms. The zero-order valence-corrected chi connectivity index (χ0v) is 9.77. The molecule has 0 amide bonds. The second-order valence-corrected chi connectivity index (χ2v) is 4.12. The third-order valence-electron chi connectivity index (χ3n) is 2.91. The maximum absolute atomic E-state index is 11.0. The Balaban J connectivity index is 2.57. The van der Waals surface area contributed by atoms with E-state index in [1.807, 2.05) is 6.92 Å². The van der Waals surface area contributed by atoms with E-state index in [9.17, 15) is 14.9 Å². The van der Waals surface area contributed by atoms with E-state index in [1.54, 1.807) is 12.3 Å². The third kappa shape index (κ3) is 2.04. The largest absolute Gasteiger partial charge is 0.481 e. The molecule has 0 unspecified atom stereocenters. The normalized spacial score (nSPS) is 10.7. The highest BCUT2D eigenvalue weighted by Crippen LogP contribution is 2.31. The average Bonchev–Trinajstić information content (AvgIpc) is 2.71. The Morgan fingerprint density at radius 2 is 2.22 bits per heavy atom. The molecular weight excluding hydrogens is 236 g/mol. The first-order chi connectivity index (χ1) is 8.50. The zero-order valence-electron chi connectivity index (χ0n) is 9.77. The molecule has 0 saturated carbocycles. The summed E-state index contributed by atoms with van der Waals surface area (Å²) >= 11 is 0. The summed E-state index contributed by atoms with van der Waals surface area (Å²) in [5.41, 5.74) is 2.28. The molecule has 0 bridgehead atoms. The van der Waals surface area contributed by atoms with Gasteiger partial charge in [-0.05, 0) is 24.5 Å². The first-order valence-electron chi connectivity index (χ1n) is 5.46. The number of nitrogens with one attached hydrogen (secondary N) is 1. The standard InChI is InChI=1S/C12H12N2O4/c1-7-2-4-9(14(17)18)11-8(3-5-10(15)16)6-13-12(7)11/h2,4,6,13H,3,5H2,1H3,(H,15,16). The van der Waals surface area contributed by atoms with Crippen LogP contribution in [0, 0.1) is 17.0 Å². The monoisotopic (exact) mass is 248 g/mol. The van der Waals surface area contributed by atoms with E-state index in [1.165, 1.54) is 6.07 Å². The Kier molecular flexibility index (Phi) is 3.01. The summed E-state index contributed by atoms with van der Waals surface area (Å²) in [5, 5.41) is 20.2. The number of aromatic amines is 1. The van der Waals surface area contributed by atoms with E-state index < -0.39 is 10.9 Å². The molecule has 0 saturated heterocycles. The number of rotatable bonds is 4. The number of nitro groups is 1. The molecular formula is C12H12N2O4. The smallest absolute Gasteiger partial charge is 0.303 e. The van der Waals surface area contributed by atoms with Crippen molar-refractivity contribution in [3.63, 3.8) is 0 Å². The third-order valence-corrected chi connectivity index (χ3v) is 2.91. The van der Waals surface area contributed by atoms with Crippen molar-refractivity contribution in [2.24, 2.45) is 0 Å². The Labute approximate surface area is 102 Å². The predicted molar refractivity (Wildman–Crippen MR) is 65.6 cm³/mol. The molecule has 0 atom stereocenters. The van der Waals surface area contributed by atoms with E-state index >= 15 is 0 Å². The van der Waals surface area contributed by atoms with Crippen molar-refractivity contribution < 1.29 is 14.8 Å². The second kappa shape index (κ2) is 4.48. The average molecular weight is 248 g/mol. The number of carbonyl (C=O) groups is 1. The van der Waals surface area contributed by atoms with Crippen molar-refractivity contribution in [3.05, 3.63) is 39.6 Å². The highest BCUT2D eigenvalue weighted by Gasteiger charge is 2.18. The first kappa shape index (κ1) is 12.1. The number of carboxylic acids is 1. The lowest BCUT2D eigenvalue weighted by Gasteiger charge is -2.00. The van der Waals surface area contributed by atoms with Gasteiger partial charge in [-0.25, -0.2) is 0 Å². The lowest BCUT2D eigenvalue weighted by Crippen LogP contribution is -1.98. The SMILES string of the molecule is Cc1ccc([N+](=O)[O-])c2c(CCC(=O)O)c[nH]c12. The van der Waals surface area contributed by atoms with Crippen molar-refractivity contribution in [1.82, 2.24) is 4.98 Å². The summed E-state index contributed by atoms with van der Waals surface area (Å²) in [5.74, 6) is -0.917. The number of nitrogens with zero attached hydrogens (tertiary/aromatic N) is 1. The molecule has 0 fully saturated rings. The van der Waals surface area contributed by atoms with Crippen LogP contribution in [0.3, 0.4) is 0 Å². The number of hydrogen-bond donors (Lipinski definition) is 2. The summed E-state index contributed by atoms with van der Waals surface area (Å²) in [6.45, 7) is 1.85. The minimum absolute atomic E-state index is 0.0113. The summed E-state index contributed by atoms with van der Waals surface area (Å²) in [7, 11) is 0. The van der Waals surface area contributed by atoms with Gasteiger partial charge in [-0.3, -0.25) is 14.9 Å². The number of benzene rings is 1. The Hall–Kier alpha value is -2.37. The molecule has 6 heteroatoms. The van der Waals surface area contributed by atoms with Crippen LogP contribution in [0.15, 0.2) is 18.3 Å². The van der Waals surface area contributed by atoms with Crippen molar-refractivity contribution in [3.8, 4) is 0 Å². The van der Waals surface area contributed by atoms with Crippen LogP contribution in [0.4, 0.5) is 5.69 Å². The van der Waals surface area contributed by atoms with Crippen LogP contribution < -0.4 is 0 Å². The molecule has 1 aromatic heterocycles. The number of carboxylic acid groups (broad SMARTS) is 1. The van der Waals surface area contributed by atoms with Gasteiger partial charge in [0.05, 0.1) is 15.8 Å². The quantitative estimate of drug-likeness (QED) is 0.641. The first-order valence-corrected chi connectivity index (χ1v) is 5.46. The molecule has 0 aliphatic rings. The van der Waals surface area contributed by atoms with Gasteiger partial charge in [-0.2, -0.15) is 0 Å². The summed E-state index contributed by atoms with van der Waals surface area (Å²) in [6.07, 6.45) is 1.88. The minimum Gasteiger partial charge on any atom is -0.481 e. The minimum atomic E-state index is -0.917. The zero-order chi connectivity index (χ0) is 13.3. The number of hydrogen-bond acceptors (Lipinski definition) is 3. The second-order valence-electron chi connectivity index (χ2n) is 4.12. The van der Waals surface area contributed by atoms with Crippen molar-refractivity contribution >= 4 is 22.6 Å². The van der Waals surface area contributed by atoms with Gasteiger partial charge in [0, 0.05) is 18.7 Å². The number of nitro benzene ring substituents is 1. The number of aromatic nitrogens is 1. The van der Waals surface area contributed by atoms with Gasteiger partial charge in [0.1, 0.15) is 0 Å². The predicted octanol–water partition coefficient (Wildman–Crippen LogP) is 2.40. The number of aryl methyl sites for hydroxylation is 2. The van der Waals surface area contributed by atoms with E-state index in [2.05, 4.69) is 4.98 Å². The van der Waals surface area contributed by atoms with E-state index in [0.29, 0.717) is 16.5 Å². The number of H-pyrrole nitrogens is 1. The lowest BCUT2D eigenvalue weighted by atomic mass is 10.0. The topological polar surface area (TPSA) is 96.2 Å². The maximum atomic E-state index is 11.0. The molecule has 0 aliphatic carbocycles. The number of aliphatic carboxylic acids is 1. The van der Waals surface area contributed by atoms with Crippen LogP contribution in [-0.4, -0.2) is 21.0 Å². The number of fused-ring (bicyclic) bond motifs is 1. The summed E-state index contributed by atoms with van der Waals surface area (Å²) < 4.78 is 0. The summed E-state index contributed by atoms with van der Waals surface area (Å²) in [4.78, 5) is 24.1. The van der Waals surface area contributed by atoms with E-state index in [-0.39, 0.29) is 18.5 Å². The van der Waals surface area contributed by atoms with E-state index in [0.717, 1.165) is 5.56 Å². The fourth-order valence-corrected chi connectivity index (χ4v) is 2.03. The molecule has 2 rings (SSSR count). The molecule has 0 aliphatic heterocycles. The van der Waals surface area contributed by atoms with Crippen LogP contribution in [0.25, 0.3) is 10.9 Å². The van der Waals surface area contributed by atoms with Gasteiger partial charge < -0.3 is 10.1 Å². The molecule has 94 valence electrons. The fraction of sp³-hybridized carbons (Fsp3) is 0.250. The summed E-state index contributed by atoms with van der Waals surface area (Å²) in [6, 6.07) is 3.13. The van der Waals surface area contributed by atoms with Gasteiger partial charge in [0.25, 0.3) is 5.69 Å². The van der Waals surface area contributed by atoms with Crippen LogP contribution in [0.1, 0.15) is 17.5 Å². The van der Waals surface area contributed by atoms with Crippen LogP contribution in [-0.2, 0) is 11.2 Å². The highest BCUT2D eigenvalue weighted by atomic mass is 16.6. The van der Waals surface area contributed by atoms with Crippen LogP contribution >= 0.6 is 0 Å². The molecule has 2 aromatic rings. The fourth-order valence-electron chi connectivity index (χ4n) is 2.03. The maximum Gasteiger partial charge on any atom is 0.303 e. The Bertz CT molecular complexity index is 630. The van der Waals surface area contributed by atoms with Crippen molar-refractivity contribution in [2.45, 2.75) is 19.8 Å². The van der Waals surface area contributed by atoms with Crippen molar-refractivity contribution in [2.75, 3.05) is 0 Å². The molecule has 1 heterocycles. The van der Waals surface area contributed by atoms with Gasteiger partial charge in [0.15, 0.2) is 0 Å². The molecule has 0 spiro atoms.